The lowest BCUT2D eigenvalue weighted by molar-refractivity contribution is -0.156. The molecule has 4 aliphatic carbocycles. The maximum Gasteiger partial charge on any atom is 0.308 e. The van der Waals surface area contributed by atoms with Crippen LogP contribution >= 0.6 is 0 Å². The van der Waals surface area contributed by atoms with Crippen LogP contribution in [0.3, 0.4) is 0 Å². The van der Waals surface area contributed by atoms with Crippen LogP contribution in [0.1, 0.15) is 306 Å². The predicted molar refractivity (Wildman–Crippen MR) is 399 cm³/mol. The number of esters is 6. The molecule has 6 rings (SSSR count). The number of piperidine rings is 1. The average molecular weight is 1450 g/mol. The van der Waals surface area contributed by atoms with E-state index in [0.29, 0.717) is 56.3 Å². The topological polar surface area (TPSA) is 267 Å². The minimum absolute atomic E-state index is 0.00337. The normalized spacial score (nSPS) is 21.3. The van der Waals surface area contributed by atoms with E-state index in [9.17, 15) is 57.5 Å². The number of carbonyl (C=O) groups is 12. The highest BCUT2D eigenvalue weighted by Gasteiger charge is 2.34. The second-order valence-electron chi connectivity index (χ2n) is 32.5. The van der Waals surface area contributed by atoms with E-state index in [1.807, 2.05) is 83.1 Å². The van der Waals surface area contributed by atoms with Crippen LogP contribution in [-0.4, -0.2) is 151 Å². The lowest BCUT2D eigenvalue weighted by atomic mass is 9.85. The third kappa shape index (κ3) is 45.1. The lowest BCUT2D eigenvalue weighted by Gasteiger charge is -2.27. The fraction of sp³-hybridized carbons (Fsp3) is 0.854. The largest absolute Gasteiger partial charge is 0.465 e. The highest BCUT2D eigenvalue weighted by molar-refractivity contribution is 5.88. The zero-order valence-electron chi connectivity index (χ0n) is 67.7. The molecule has 4 saturated carbocycles. The molecule has 590 valence electrons. The molecular weight excluding hydrogens is 1300 g/mol. The molecule has 20 heteroatoms. The van der Waals surface area contributed by atoms with E-state index in [-0.39, 0.29) is 155 Å². The Labute approximate surface area is 616 Å². The summed E-state index contributed by atoms with van der Waals surface area (Å²) in [4.78, 5) is 140. The Bertz CT molecular complexity index is 2410. The van der Waals surface area contributed by atoms with Crippen molar-refractivity contribution in [2.24, 2.45) is 76.4 Å². The highest BCUT2D eigenvalue weighted by atomic mass is 16.6. The second-order valence-corrected chi connectivity index (χ2v) is 32.5. The monoisotopic (exact) mass is 1450 g/mol. The van der Waals surface area contributed by atoms with Gasteiger partial charge in [0.1, 0.15) is 41.9 Å². The molecule has 0 aromatic rings. The standard InChI is InChI=1S/C14H23NO4.2C12H20O3.C11H21NO2.C11H18O2.C11H20O2.C11H22O2/c1-10(2)14(18)19-9-5-7-13(17)15-8-4-6-12(15)11(3)16;2*1-8(2)12(14)15-11-6-4-10(5-7-11)9(3)13;1-10(2)11(13)14-9-8-12-6-4-3-5-7-12;1-7(2)11(13)10-5-4-9(6-10)8(3)12;1-9(2)11(12)13-8-10-6-4-3-5-7-10;1-9(2)10(12)13-8-6-7-11(3,4)5/h10,12H,4-9H2,1-3H3;2*8,10-11H,4-7H2,1-3H3;10H,3-9H2,1-2H3;7,9-10H,4-6H2,1-3H3;9-10H,3-8H2,1-2H3;9H,6-8H2,1-5H3/t12-;;;;9-,10+;;/m0...0../s1. The third-order valence-corrected chi connectivity index (χ3v) is 19.3. The van der Waals surface area contributed by atoms with E-state index in [1.165, 1.54) is 71.4 Å². The summed E-state index contributed by atoms with van der Waals surface area (Å²) >= 11 is 0. The van der Waals surface area contributed by atoms with Crippen molar-refractivity contribution < 1.29 is 86.0 Å². The zero-order valence-corrected chi connectivity index (χ0v) is 67.7. The molecule has 6 fully saturated rings. The second kappa shape index (κ2) is 53.4. The fourth-order valence-corrected chi connectivity index (χ4v) is 12.3. The van der Waals surface area contributed by atoms with Crippen LogP contribution in [0.5, 0.6) is 0 Å². The summed E-state index contributed by atoms with van der Waals surface area (Å²) in [6.07, 6.45) is 24.5. The SMILES string of the molecule is CC(=O)C1CCC(OC(=O)C(C)C)CC1.CC(=O)C1CCC(OC(=O)C(C)C)CC1.CC(=O)[C@@H]1CCCN1C(=O)CCCOC(=O)C(C)C.CC(=O)[C@H]1CC[C@@H](C(=O)C(C)C)C1.CC(C)C(=O)OCC1CCCCC1.CC(C)C(=O)OCCCC(C)(C)C.CC(C)C(=O)OCCN1CCCCC1. The fourth-order valence-electron chi connectivity index (χ4n) is 12.3. The van der Waals surface area contributed by atoms with E-state index in [0.717, 1.165) is 103 Å². The van der Waals surface area contributed by atoms with Crippen LogP contribution in [0.4, 0.5) is 0 Å². The third-order valence-electron chi connectivity index (χ3n) is 19.3. The van der Waals surface area contributed by atoms with Crippen molar-refractivity contribution in [2.75, 3.05) is 52.6 Å². The van der Waals surface area contributed by atoms with Crippen molar-refractivity contribution in [1.82, 2.24) is 9.80 Å². The molecule has 0 aromatic carbocycles. The molecule has 2 heterocycles. The Morgan fingerprint density at radius 2 is 0.755 bits per heavy atom. The van der Waals surface area contributed by atoms with Crippen molar-refractivity contribution in [1.29, 1.82) is 0 Å². The van der Waals surface area contributed by atoms with Crippen LogP contribution in [0.15, 0.2) is 0 Å². The van der Waals surface area contributed by atoms with Crippen LogP contribution < -0.4 is 0 Å². The molecule has 1 amide bonds. The summed E-state index contributed by atoms with van der Waals surface area (Å²) in [5.74, 6) is 1.66. The first-order valence-electron chi connectivity index (χ1n) is 39.3. The number of hydrogen-bond acceptors (Lipinski definition) is 19. The van der Waals surface area contributed by atoms with Crippen molar-refractivity contribution in [2.45, 2.75) is 324 Å². The van der Waals surface area contributed by atoms with Gasteiger partial charge in [-0.1, -0.05) is 143 Å². The van der Waals surface area contributed by atoms with Gasteiger partial charge in [0.2, 0.25) is 5.91 Å². The summed E-state index contributed by atoms with van der Waals surface area (Å²) in [5.41, 5.74) is 0.338. The van der Waals surface area contributed by atoms with Gasteiger partial charge in [0.25, 0.3) is 0 Å². The summed E-state index contributed by atoms with van der Waals surface area (Å²) in [7, 11) is 0. The van der Waals surface area contributed by atoms with E-state index < -0.39 is 0 Å². The molecule has 0 radical (unpaired) electrons. The van der Waals surface area contributed by atoms with Crippen LogP contribution in [-0.2, 0) is 86.0 Å². The number of hydrogen-bond donors (Lipinski definition) is 0. The first kappa shape index (κ1) is 96.6. The molecular formula is C82H144N2O18. The van der Waals surface area contributed by atoms with Gasteiger partial charge in [0.15, 0.2) is 5.78 Å². The predicted octanol–water partition coefficient (Wildman–Crippen LogP) is 15.9. The number of ether oxygens (including phenoxy) is 6. The Morgan fingerprint density at radius 1 is 0.373 bits per heavy atom. The molecule has 20 nitrogen and oxygen atoms in total. The van der Waals surface area contributed by atoms with Crippen molar-refractivity contribution in [3.63, 3.8) is 0 Å². The van der Waals surface area contributed by atoms with Crippen LogP contribution in [0, 0.1) is 76.4 Å². The van der Waals surface area contributed by atoms with Crippen molar-refractivity contribution in [3.8, 4) is 0 Å². The lowest BCUT2D eigenvalue weighted by Crippen LogP contribution is -2.39. The maximum absolute atomic E-state index is 12.0. The van der Waals surface area contributed by atoms with Gasteiger partial charge in [-0.25, -0.2) is 0 Å². The van der Waals surface area contributed by atoms with Gasteiger partial charge in [-0.05, 0) is 181 Å². The van der Waals surface area contributed by atoms with E-state index >= 15 is 0 Å². The number of carbonyl (C=O) groups excluding carboxylic acids is 12. The van der Waals surface area contributed by atoms with E-state index in [1.54, 1.807) is 39.5 Å². The van der Waals surface area contributed by atoms with E-state index in [2.05, 4.69) is 25.7 Å². The summed E-state index contributed by atoms with van der Waals surface area (Å²) in [5, 5.41) is 0. The molecule has 3 atom stereocenters. The van der Waals surface area contributed by atoms with Gasteiger partial charge in [-0.2, -0.15) is 0 Å². The number of amides is 1. The minimum Gasteiger partial charge on any atom is -0.465 e. The summed E-state index contributed by atoms with van der Waals surface area (Å²) in [6, 6.07) is -0.245. The Hall–Kier alpha value is -5.40. The van der Waals surface area contributed by atoms with Crippen molar-refractivity contribution >= 4 is 70.6 Å². The number of rotatable bonds is 26. The molecule has 0 aromatic heterocycles. The molecule has 0 unspecified atom stereocenters. The van der Waals surface area contributed by atoms with Gasteiger partial charge in [-0.3, -0.25) is 62.4 Å². The van der Waals surface area contributed by atoms with Crippen molar-refractivity contribution in [3.05, 3.63) is 0 Å². The Balaban J connectivity index is 0.00000117. The zero-order chi connectivity index (χ0) is 77.8. The molecule has 0 bridgehead atoms. The average Bonchev–Trinajstić information content (AvgIpc) is 1.75. The molecule has 2 saturated heterocycles. The smallest absolute Gasteiger partial charge is 0.308 e. The Kier molecular flexibility index (Phi) is 50.6. The first-order valence-corrected chi connectivity index (χ1v) is 39.3. The number of nitrogens with zero attached hydrogens (tertiary/aromatic N) is 2. The maximum atomic E-state index is 12.0. The summed E-state index contributed by atoms with van der Waals surface area (Å²) < 4.78 is 31.1. The molecule has 0 spiro atoms. The van der Waals surface area contributed by atoms with Gasteiger partial charge in [0, 0.05) is 49.1 Å². The van der Waals surface area contributed by atoms with Gasteiger partial charge in [-0.15, -0.1) is 0 Å². The molecule has 0 N–H and O–H groups in total. The Morgan fingerprint density at radius 3 is 1.14 bits per heavy atom. The van der Waals surface area contributed by atoms with Crippen LogP contribution in [0.25, 0.3) is 0 Å². The van der Waals surface area contributed by atoms with Crippen LogP contribution in [0.2, 0.25) is 0 Å². The number of ketones is 5. The number of likely N-dealkylation sites (tertiary alicyclic amines) is 2. The number of Topliss-reactive ketones (excluding diaryl/α,β-unsaturated/α-hetero) is 5. The van der Waals surface area contributed by atoms with Gasteiger partial charge < -0.3 is 33.3 Å². The summed E-state index contributed by atoms with van der Waals surface area (Å²) in [6.45, 7) is 44.9. The minimum atomic E-state index is -0.245. The first-order chi connectivity index (χ1) is 47.7. The van der Waals surface area contributed by atoms with E-state index in [4.69, 9.17) is 28.4 Å². The molecule has 102 heavy (non-hydrogen) atoms. The molecule has 2 aliphatic heterocycles. The quantitative estimate of drug-likeness (QED) is 0.0442. The van der Waals surface area contributed by atoms with Gasteiger partial charge in [0.05, 0.1) is 61.4 Å². The van der Waals surface area contributed by atoms with Gasteiger partial charge >= 0.3 is 35.8 Å². The highest BCUT2D eigenvalue weighted by Crippen LogP contribution is 2.34. The molecule has 6 aliphatic rings.